The lowest BCUT2D eigenvalue weighted by atomic mass is 9.94. The fraction of sp³-hybridized carbons (Fsp3) is 0. The van der Waals surface area contributed by atoms with E-state index in [1.807, 2.05) is 78.9 Å². The van der Waals surface area contributed by atoms with Gasteiger partial charge in [-0.2, -0.15) is 0 Å². The Bertz CT molecular complexity index is 789. The van der Waals surface area contributed by atoms with Crippen LogP contribution in [0.5, 0.6) is 0 Å². The van der Waals surface area contributed by atoms with Crippen LogP contribution < -0.4 is 5.30 Å². The van der Waals surface area contributed by atoms with Crippen LogP contribution in [0.25, 0.3) is 22.3 Å². The van der Waals surface area contributed by atoms with E-state index in [-0.39, 0.29) is 4.69 Å². The van der Waals surface area contributed by atoms with Crippen molar-refractivity contribution in [1.82, 2.24) is 0 Å². The molecule has 0 fully saturated rings. The van der Waals surface area contributed by atoms with Crippen molar-refractivity contribution in [2.75, 3.05) is 0 Å². The van der Waals surface area contributed by atoms with Crippen molar-refractivity contribution in [1.29, 1.82) is 0 Å². The summed E-state index contributed by atoms with van der Waals surface area (Å²) in [5.74, 6) is 0. The molecule has 22 heavy (non-hydrogen) atoms. The van der Waals surface area contributed by atoms with E-state index in [4.69, 9.17) is 0 Å². The van der Waals surface area contributed by atoms with E-state index < -0.39 is 8.73 Å². The summed E-state index contributed by atoms with van der Waals surface area (Å²) < 4.78 is -0.253. The Morgan fingerprint density at radius 2 is 1.32 bits per heavy atom. The Morgan fingerprint density at radius 3 is 1.91 bits per heavy atom. The van der Waals surface area contributed by atoms with E-state index in [0.717, 1.165) is 27.6 Å². The standard InChI is InChI=1S/C18H14NO2P/c20-19(21)22-17-13-7-12-16(14-8-3-1-4-9-14)18(17)15-10-5-2-6-11-15/h1-13,22H. The second kappa shape index (κ2) is 6.50. The summed E-state index contributed by atoms with van der Waals surface area (Å²) in [5.41, 5.74) is 4.05. The highest BCUT2D eigenvalue weighted by molar-refractivity contribution is 7.41. The first-order valence-corrected chi connectivity index (χ1v) is 7.85. The first kappa shape index (κ1) is 14.4. The first-order chi connectivity index (χ1) is 10.8. The van der Waals surface area contributed by atoms with Crippen molar-refractivity contribution in [3.8, 4) is 22.3 Å². The molecule has 4 heteroatoms. The lowest BCUT2D eigenvalue weighted by Crippen LogP contribution is -2.05. The van der Waals surface area contributed by atoms with Gasteiger partial charge in [-0.3, -0.25) is 10.1 Å². The van der Waals surface area contributed by atoms with E-state index in [0.29, 0.717) is 0 Å². The third-order valence-electron chi connectivity index (χ3n) is 3.42. The van der Waals surface area contributed by atoms with E-state index in [1.54, 1.807) is 0 Å². The van der Waals surface area contributed by atoms with Gasteiger partial charge in [-0.15, -0.1) is 0 Å². The van der Waals surface area contributed by atoms with Crippen LogP contribution in [-0.4, -0.2) is 4.69 Å². The lowest BCUT2D eigenvalue weighted by molar-refractivity contribution is -0.293. The van der Waals surface area contributed by atoms with E-state index in [1.165, 1.54) is 0 Å². The van der Waals surface area contributed by atoms with Crippen molar-refractivity contribution in [2.45, 2.75) is 0 Å². The van der Waals surface area contributed by atoms with Crippen molar-refractivity contribution >= 4 is 14.0 Å². The number of benzene rings is 3. The van der Waals surface area contributed by atoms with Gasteiger partial charge in [0.2, 0.25) is 0 Å². The second-order valence-electron chi connectivity index (χ2n) is 4.83. The van der Waals surface area contributed by atoms with Gasteiger partial charge in [-0.05, 0) is 22.8 Å². The molecule has 0 amide bonds. The van der Waals surface area contributed by atoms with E-state index in [9.17, 15) is 10.1 Å². The Labute approximate surface area is 130 Å². The average Bonchev–Trinajstić information content (AvgIpc) is 2.56. The zero-order valence-electron chi connectivity index (χ0n) is 11.8. The predicted molar refractivity (Wildman–Crippen MR) is 92.3 cm³/mol. The molecule has 3 rings (SSSR count). The van der Waals surface area contributed by atoms with Crippen LogP contribution in [0.4, 0.5) is 0 Å². The predicted octanol–water partition coefficient (Wildman–Crippen LogP) is 4.52. The number of nitrogens with zero attached hydrogens (tertiary/aromatic N) is 1. The number of hydrogen-bond donors (Lipinski definition) is 0. The van der Waals surface area contributed by atoms with Crippen LogP contribution in [0, 0.1) is 10.1 Å². The third kappa shape index (κ3) is 3.05. The summed E-state index contributed by atoms with van der Waals surface area (Å²) in [4.78, 5) is 11.0. The van der Waals surface area contributed by atoms with Crippen LogP contribution in [0.1, 0.15) is 0 Å². The second-order valence-corrected chi connectivity index (χ2v) is 5.96. The summed E-state index contributed by atoms with van der Waals surface area (Å²) in [6.07, 6.45) is 0. The molecule has 0 aliphatic heterocycles. The van der Waals surface area contributed by atoms with Gasteiger partial charge in [0.1, 0.15) is 0 Å². The molecule has 0 saturated heterocycles. The summed E-state index contributed by atoms with van der Waals surface area (Å²) in [7, 11) is -0.451. The van der Waals surface area contributed by atoms with Crippen LogP contribution in [0.2, 0.25) is 0 Å². The normalized spacial score (nSPS) is 10.9. The zero-order chi connectivity index (χ0) is 15.4. The maximum absolute atomic E-state index is 11.0. The molecule has 3 nitrogen and oxygen atoms in total. The molecule has 3 aromatic carbocycles. The Hall–Kier alpha value is -2.51. The van der Waals surface area contributed by atoms with Crippen molar-refractivity contribution in [3.63, 3.8) is 0 Å². The molecule has 3 aromatic rings. The molecule has 0 aliphatic rings. The van der Waals surface area contributed by atoms with Gasteiger partial charge in [-0.25, -0.2) is 0 Å². The molecule has 108 valence electrons. The van der Waals surface area contributed by atoms with Gasteiger partial charge in [0, 0.05) is 10.3 Å². The zero-order valence-corrected chi connectivity index (χ0v) is 12.8. The third-order valence-corrected chi connectivity index (χ3v) is 4.26. The summed E-state index contributed by atoms with van der Waals surface area (Å²) in [6, 6.07) is 25.6. The van der Waals surface area contributed by atoms with E-state index in [2.05, 4.69) is 0 Å². The molecule has 1 unspecified atom stereocenters. The Balaban J connectivity index is 2.24. The van der Waals surface area contributed by atoms with E-state index >= 15 is 0 Å². The largest absolute Gasteiger partial charge is 0.268 e. The number of nitro groups is 1. The molecule has 1 atom stereocenters. The molecule has 0 aliphatic carbocycles. The molecule has 0 aromatic heterocycles. The smallest absolute Gasteiger partial charge is 0.263 e. The summed E-state index contributed by atoms with van der Waals surface area (Å²) >= 11 is 0. The van der Waals surface area contributed by atoms with Gasteiger partial charge < -0.3 is 0 Å². The minimum Gasteiger partial charge on any atom is -0.263 e. The van der Waals surface area contributed by atoms with Crippen molar-refractivity contribution < 1.29 is 4.69 Å². The maximum Gasteiger partial charge on any atom is 0.268 e. The molecule has 0 heterocycles. The number of rotatable bonds is 4. The minimum atomic E-state index is -0.451. The van der Waals surface area contributed by atoms with Gasteiger partial charge >= 0.3 is 0 Å². The highest BCUT2D eigenvalue weighted by Gasteiger charge is 2.16. The monoisotopic (exact) mass is 307 g/mol. The molecular formula is C18H14NO2P. The van der Waals surface area contributed by atoms with Crippen LogP contribution in [0.3, 0.4) is 0 Å². The topological polar surface area (TPSA) is 43.1 Å². The lowest BCUT2D eigenvalue weighted by Gasteiger charge is -2.13. The van der Waals surface area contributed by atoms with Gasteiger partial charge in [0.25, 0.3) is 8.73 Å². The van der Waals surface area contributed by atoms with Gasteiger partial charge in [0.05, 0.1) is 5.30 Å². The molecular weight excluding hydrogens is 293 g/mol. The summed E-state index contributed by atoms with van der Waals surface area (Å²) in [6.45, 7) is 0. The fourth-order valence-electron chi connectivity index (χ4n) is 2.52. The maximum atomic E-state index is 11.0. The minimum absolute atomic E-state index is 0.253. The van der Waals surface area contributed by atoms with Crippen LogP contribution in [0.15, 0.2) is 78.9 Å². The molecule has 0 radical (unpaired) electrons. The number of hydrogen-bond acceptors (Lipinski definition) is 2. The molecule has 0 N–H and O–H groups in total. The summed E-state index contributed by atoms with van der Waals surface area (Å²) in [5, 5.41) is 11.8. The fourth-order valence-corrected chi connectivity index (χ4v) is 3.28. The molecule has 0 spiro atoms. The Morgan fingerprint density at radius 1 is 0.727 bits per heavy atom. The highest BCUT2D eigenvalue weighted by atomic mass is 31.1. The Kier molecular flexibility index (Phi) is 4.27. The van der Waals surface area contributed by atoms with Crippen LogP contribution in [-0.2, 0) is 0 Å². The molecule has 0 bridgehead atoms. The molecule has 0 saturated carbocycles. The van der Waals surface area contributed by atoms with Gasteiger partial charge in [-0.1, -0.05) is 72.8 Å². The van der Waals surface area contributed by atoms with Gasteiger partial charge in [0.15, 0.2) is 0 Å². The average molecular weight is 307 g/mol. The quantitative estimate of drug-likeness (QED) is 0.404. The highest BCUT2D eigenvalue weighted by Crippen LogP contribution is 2.33. The first-order valence-electron chi connectivity index (χ1n) is 6.90. The van der Waals surface area contributed by atoms with Crippen LogP contribution >= 0.6 is 8.73 Å². The van der Waals surface area contributed by atoms with Crippen molar-refractivity contribution in [2.24, 2.45) is 0 Å². The van der Waals surface area contributed by atoms with Crippen molar-refractivity contribution in [3.05, 3.63) is 89.0 Å². The SMILES string of the molecule is O=[N+]([O-])Pc1cccc(-c2ccccc2)c1-c1ccccc1.